The molecule has 0 saturated carbocycles. The molecule has 0 amide bonds. The third kappa shape index (κ3) is 9.60. The number of hydrogen-bond donors (Lipinski definition) is 1. The molecule has 3 radical (unpaired) electrons. The van der Waals surface area contributed by atoms with Crippen molar-refractivity contribution in [3.8, 4) is 0 Å². The molecule has 45 valence electrons. The maximum Gasteiger partial charge on any atom is 0.303 e. The van der Waals surface area contributed by atoms with Gasteiger partial charge in [-0.1, -0.05) is 13.3 Å². The van der Waals surface area contributed by atoms with E-state index in [0.29, 0.717) is 6.42 Å². The number of carboxylic acids is 1. The van der Waals surface area contributed by atoms with Gasteiger partial charge in [0.05, 0.1) is 0 Å². The molecular weight excluding hydrogens is 207 g/mol. The topological polar surface area (TPSA) is 37.3 Å². The number of aliphatic carboxylic acids is 1. The summed E-state index contributed by atoms with van der Waals surface area (Å²) < 4.78 is 0. The van der Waals surface area contributed by atoms with Gasteiger partial charge >= 0.3 is 5.97 Å². The van der Waals surface area contributed by atoms with Gasteiger partial charge in [-0.3, -0.25) is 4.79 Å². The SMILES string of the molecule is CCCCC(=O)O.[In]. The molecule has 0 unspecified atom stereocenters. The summed E-state index contributed by atoms with van der Waals surface area (Å²) in [6.45, 7) is 1.98. The molecule has 0 fully saturated rings. The van der Waals surface area contributed by atoms with Gasteiger partial charge in [-0.25, -0.2) is 0 Å². The zero-order valence-corrected chi connectivity index (χ0v) is 8.35. The predicted molar refractivity (Wildman–Crippen MR) is 32.9 cm³/mol. The Labute approximate surface area is 68.1 Å². The molecule has 0 heterocycles. The Hall–Kier alpha value is 0.340. The number of carbonyl (C=O) groups is 1. The van der Waals surface area contributed by atoms with Crippen LogP contribution in [0.15, 0.2) is 0 Å². The summed E-state index contributed by atoms with van der Waals surface area (Å²) in [5.41, 5.74) is 0. The molecule has 0 spiro atoms. The van der Waals surface area contributed by atoms with Crippen molar-refractivity contribution < 1.29 is 9.90 Å². The molecule has 0 aliphatic carbocycles. The van der Waals surface area contributed by atoms with Crippen LogP contribution in [0.4, 0.5) is 0 Å². The Bertz CT molecular complexity index is 63.4. The van der Waals surface area contributed by atoms with Gasteiger partial charge in [0.15, 0.2) is 0 Å². The van der Waals surface area contributed by atoms with Crippen LogP contribution < -0.4 is 0 Å². The number of carboxylic acid groups (broad SMARTS) is 1. The maximum absolute atomic E-state index is 9.76. The van der Waals surface area contributed by atoms with E-state index in [9.17, 15) is 4.79 Å². The molecule has 0 aromatic carbocycles. The van der Waals surface area contributed by atoms with Crippen LogP contribution >= 0.6 is 0 Å². The van der Waals surface area contributed by atoms with Crippen molar-refractivity contribution in [2.45, 2.75) is 26.2 Å². The minimum Gasteiger partial charge on any atom is -0.481 e. The second kappa shape index (κ2) is 7.34. The van der Waals surface area contributed by atoms with E-state index in [1.807, 2.05) is 6.92 Å². The predicted octanol–water partition coefficient (Wildman–Crippen LogP) is 0.880. The largest absolute Gasteiger partial charge is 0.481 e. The first-order valence-electron chi connectivity index (χ1n) is 2.49. The van der Waals surface area contributed by atoms with Crippen LogP contribution in [0.2, 0.25) is 0 Å². The summed E-state index contributed by atoms with van der Waals surface area (Å²) in [5.74, 6) is -0.693. The first-order valence-corrected chi connectivity index (χ1v) is 2.49. The Morgan fingerprint density at radius 1 is 1.62 bits per heavy atom. The Balaban J connectivity index is 0. The van der Waals surface area contributed by atoms with Crippen LogP contribution in [-0.2, 0) is 4.79 Å². The van der Waals surface area contributed by atoms with Gasteiger partial charge < -0.3 is 5.11 Å². The molecule has 0 aromatic rings. The molecule has 0 saturated heterocycles. The standard InChI is InChI=1S/C5H10O2.In/c1-2-3-4-5(6)7;/h2-4H2,1H3,(H,6,7);. The van der Waals surface area contributed by atoms with Crippen molar-refractivity contribution in [1.82, 2.24) is 0 Å². The molecule has 0 atom stereocenters. The van der Waals surface area contributed by atoms with Gasteiger partial charge in [-0.2, -0.15) is 0 Å². The number of unbranched alkanes of at least 4 members (excludes halogenated alkanes) is 1. The zero-order valence-electron chi connectivity index (χ0n) is 5.05. The van der Waals surface area contributed by atoms with Crippen molar-refractivity contribution in [2.75, 3.05) is 0 Å². The van der Waals surface area contributed by atoms with Crippen molar-refractivity contribution in [3.05, 3.63) is 0 Å². The van der Waals surface area contributed by atoms with E-state index in [4.69, 9.17) is 5.11 Å². The molecular formula is C5H10InO2. The average molecular weight is 217 g/mol. The zero-order chi connectivity index (χ0) is 5.70. The molecule has 0 aromatic heterocycles. The molecule has 8 heavy (non-hydrogen) atoms. The minimum atomic E-state index is -0.693. The molecule has 3 heteroatoms. The first-order chi connectivity index (χ1) is 3.27. The van der Waals surface area contributed by atoms with E-state index in [2.05, 4.69) is 0 Å². The second-order valence-electron chi connectivity index (χ2n) is 1.50. The van der Waals surface area contributed by atoms with E-state index in [0.717, 1.165) is 12.8 Å². The smallest absolute Gasteiger partial charge is 0.303 e. The van der Waals surface area contributed by atoms with Gasteiger partial charge in [0.2, 0.25) is 0 Å². The number of hydrogen-bond acceptors (Lipinski definition) is 1. The van der Waals surface area contributed by atoms with E-state index < -0.39 is 5.97 Å². The molecule has 0 aliphatic heterocycles. The average Bonchev–Trinajstić information content (AvgIpc) is 1.61. The van der Waals surface area contributed by atoms with Gasteiger partial charge in [-0.05, 0) is 6.42 Å². The van der Waals surface area contributed by atoms with Crippen LogP contribution in [-0.4, -0.2) is 36.9 Å². The maximum atomic E-state index is 9.76. The van der Waals surface area contributed by atoms with Crippen LogP contribution in [0.5, 0.6) is 0 Å². The van der Waals surface area contributed by atoms with Gasteiger partial charge in [0.25, 0.3) is 0 Å². The second-order valence-corrected chi connectivity index (χ2v) is 1.50. The fourth-order valence-electron chi connectivity index (χ4n) is 0.328. The van der Waals surface area contributed by atoms with Gasteiger partial charge in [0.1, 0.15) is 0 Å². The Kier molecular flexibility index (Phi) is 10.3. The van der Waals surface area contributed by atoms with Crippen molar-refractivity contribution in [2.24, 2.45) is 0 Å². The summed E-state index contributed by atoms with van der Waals surface area (Å²) in [6, 6.07) is 0. The summed E-state index contributed by atoms with van der Waals surface area (Å²) in [6.07, 6.45) is 2.08. The first kappa shape index (κ1) is 11.2. The van der Waals surface area contributed by atoms with Crippen LogP contribution in [0.3, 0.4) is 0 Å². The van der Waals surface area contributed by atoms with Gasteiger partial charge in [-0.15, -0.1) is 0 Å². The van der Waals surface area contributed by atoms with Crippen molar-refractivity contribution in [1.29, 1.82) is 0 Å². The summed E-state index contributed by atoms with van der Waals surface area (Å²) in [5, 5.41) is 8.04. The van der Waals surface area contributed by atoms with Crippen molar-refractivity contribution >= 4 is 31.8 Å². The molecule has 0 bridgehead atoms. The van der Waals surface area contributed by atoms with E-state index >= 15 is 0 Å². The fourth-order valence-corrected chi connectivity index (χ4v) is 0.328. The van der Waals surface area contributed by atoms with E-state index in [-0.39, 0.29) is 25.8 Å². The molecule has 1 N–H and O–H groups in total. The van der Waals surface area contributed by atoms with Crippen LogP contribution in [0.1, 0.15) is 26.2 Å². The third-order valence-corrected chi connectivity index (χ3v) is 0.744. The third-order valence-electron chi connectivity index (χ3n) is 0.744. The number of rotatable bonds is 3. The van der Waals surface area contributed by atoms with E-state index in [1.54, 1.807) is 0 Å². The quantitative estimate of drug-likeness (QED) is 0.761. The summed E-state index contributed by atoms with van der Waals surface area (Å²) >= 11 is 0. The summed E-state index contributed by atoms with van der Waals surface area (Å²) in [4.78, 5) is 9.76. The Morgan fingerprint density at radius 3 is 2.25 bits per heavy atom. The normalized spacial score (nSPS) is 7.62. The Morgan fingerprint density at radius 2 is 2.12 bits per heavy atom. The summed E-state index contributed by atoms with van der Waals surface area (Å²) in [7, 11) is 0. The van der Waals surface area contributed by atoms with Crippen LogP contribution in [0, 0.1) is 0 Å². The van der Waals surface area contributed by atoms with E-state index in [1.165, 1.54) is 0 Å². The molecule has 0 rings (SSSR count). The minimum absolute atomic E-state index is 0. The fraction of sp³-hybridized carbons (Fsp3) is 0.800. The van der Waals surface area contributed by atoms with Crippen molar-refractivity contribution in [3.63, 3.8) is 0 Å². The van der Waals surface area contributed by atoms with Crippen LogP contribution in [0.25, 0.3) is 0 Å². The molecule has 2 nitrogen and oxygen atoms in total. The van der Waals surface area contributed by atoms with Gasteiger partial charge in [0, 0.05) is 32.3 Å². The molecule has 0 aliphatic rings. The monoisotopic (exact) mass is 217 g/mol.